The van der Waals surface area contributed by atoms with Gasteiger partial charge in [0.25, 0.3) is 5.91 Å². The van der Waals surface area contributed by atoms with Gasteiger partial charge in [0, 0.05) is 18.7 Å². The number of carbonyl (C=O) groups excluding carboxylic acids is 1. The molecule has 0 bridgehead atoms. The molecule has 0 atom stereocenters. The molecule has 2 N–H and O–H groups in total. The molecule has 1 heterocycles. The summed E-state index contributed by atoms with van der Waals surface area (Å²) in [6.45, 7) is 5.85. The Balaban J connectivity index is 2.92. The van der Waals surface area contributed by atoms with Crippen LogP contribution in [0.2, 0.25) is 0 Å². The molecule has 78 valence electrons. The second kappa shape index (κ2) is 3.36. The van der Waals surface area contributed by atoms with Crippen molar-refractivity contribution < 1.29 is 9.21 Å². The molecule has 0 aliphatic heterocycles. The van der Waals surface area contributed by atoms with Gasteiger partial charge in [0.2, 0.25) is 5.76 Å². The number of hydrogen-bond donors (Lipinski definition) is 1. The first kappa shape index (κ1) is 10.6. The second-order valence-electron chi connectivity index (χ2n) is 4.24. The molecule has 0 saturated carbocycles. The summed E-state index contributed by atoms with van der Waals surface area (Å²) in [5, 5.41) is 0. The van der Waals surface area contributed by atoms with Crippen LogP contribution in [-0.4, -0.2) is 23.4 Å². The zero-order valence-corrected chi connectivity index (χ0v) is 9.00. The Kier molecular flexibility index (Phi) is 2.55. The summed E-state index contributed by atoms with van der Waals surface area (Å²) in [6, 6.07) is 1.57. The Labute approximate surface area is 83.7 Å². The lowest BCUT2D eigenvalue weighted by atomic mass is 10.1. The van der Waals surface area contributed by atoms with Gasteiger partial charge in [-0.05, 0) is 20.8 Å². The standard InChI is InChI=1S/C10H16N2O2/c1-10(2,3)12(4)9(13)8-7(11)5-6-14-8/h5-6H,11H2,1-4H3. The summed E-state index contributed by atoms with van der Waals surface area (Å²) >= 11 is 0. The second-order valence-corrected chi connectivity index (χ2v) is 4.24. The number of rotatable bonds is 1. The fourth-order valence-corrected chi connectivity index (χ4v) is 0.950. The van der Waals surface area contributed by atoms with E-state index in [0.717, 1.165) is 0 Å². The molecule has 0 aliphatic carbocycles. The maximum Gasteiger partial charge on any atom is 0.291 e. The first-order valence-corrected chi connectivity index (χ1v) is 4.45. The minimum absolute atomic E-state index is 0.194. The largest absolute Gasteiger partial charge is 0.457 e. The van der Waals surface area contributed by atoms with Gasteiger partial charge in [0.1, 0.15) is 0 Å². The van der Waals surface area contributed by atoms with Crippen LogP contribution in [0.5, 0.6) is 0 Å². The van der Waals surface area contributed by atoms with E-state index in [1.54, 1.807) is 18.0 Å². The predicted molar refractivity (Wildman–Crippen MR) is 55.0 cm³/mol. The van der Waals surface area contributed by atoms with Crippen LogP contribution in [0, 0.1) is 0 Å². The fourth-order valence-electron chi connectivity index (χ4n) is 0.950. The number of nitrogens with zero attached hydrogens (tertiary/aromatic N) is 1. The minimum atomic E-state index is -0.240. The molecule has 1 amide bonds. The highest BCUT2D eigenvalue weighted by Gasteiger charge is 2.26. The van der Waals surface area contributed by atoms with E-state index in [4.69, 9.17) is 10.2 Å². The molecule has 0 aromatic carbocycles. The molecule has 14 heavy (non-hydrogen) atoms. The van der Waals surface area contributed by atoms with Gasteiger partial charge in [0.05, 0.1) is 12.0 Å². The topological polar surface area (TPSA) is 59.5 Å². The Morgan fingerprint density at radius 1 is 1.50 bits per heavy atom. The summed E-state index contributed by atoms with van der Waals surface area (Å²) in [5.41, 5.74) is 5.72. The summed E-state index contributed by atoms with van der Waals surface area (Å²) in [5.74, 6) is 0.0161. The van der Waals surface area contributed by atoms with Crippen LogP contribution < -0.4 is 5.73 Å². The van der Waals surface area contributed by atoms with Crippen molar-refractivity contribution >= 4 is 11.6 Å². The van der Waals surface area contributed by atoms with Gasteiger partial charge in [-0.1, -0.05) is 0 Å². The van der Waals surface area contributed by atoms with E-state index in [1.807, 2.05) is 20.8 Å². The van der Waals surface area contributed by atoms with Crippen molar-refractivity contribution in [3.8, 4) is 0 Å². The molecule has 4 nitrogen and oxygen atoms in total. The number of nitrogens with two attached hydrogens (primary N) is 1. The van der Waals surface area contributed by atoms with Crippen molar-refractivity contribution in [3.63, 3.8) is 0 Å². The maximum atomic E-state index is 11.8. The minimum Gasteiger partial charge on any atom is -0.457 e. The first-order chi connectivity index (χ1) is 6.34. The molecule has 1 aromatic heterocycles. The van der Waals surface area contributed by atoms with E-state index < -0.39 is 0 Å². The number of carbonyl (C=O) groups is 1. The lowest BCUT2D eigenvalue weighted by molar-refractivity contribution is 0.0624. The molecular weight excluding hydrogens is 180 g/mol. The van der Waals surface area contributed by atoms with E-state index >= 15 is 0 Å². The Bertz CT molecular complexity index is 336. The van der Waals surface area contributed by atoms with Gasteiger partial charge in [-0.25, -0.2) is 0 Å². The summed E-state index contributed by atoms with van der Waals surface area (Å²) < 4.78 is 5.03. The lowest BCUT2D eigenvalue weighted by Gasteiger charge is -2.31. The van der Waals surface area contributed by atoms with Crippen LogP contribution in [0.1, 0.15) is 31.3 Å². The zero-order valence-electron chi connectivity index (χ0n) is 9.00. The third-order valence-electron chi connectivity index (χ3n) is 2.20. The van der Waals surface area contributed by atoms with Crippen LogP contribution in [-0.2, 0) is 0 Å². The van der Waals surface area contributed by atoms with Crippen LogP contribution in [0.3, 0.4) is 0 Å². The third kappa shape index (κ3) is 1.89. The summed E-state index contributed by atoms with van der Waals surface area (Å²) in [4.78, 5) is 13.4. The molecule has 0 saturated heterocycles. The van der Waals surface area contributed by atoms with Crippen LogP contribution >= 0.6 is 0 Å². The number of hydrogen-bond acceptors (Lipinski definition) is 3. The first-order valence-electron chi connectivity index (χ1n) is 4.45. The van der Waals surface area contributed by atoms with Gasteiger partial charge in [-0.3, -0.25) is 4.79 Å². The van der Waals surface area contributed by atoms with Crippen molar-refractivity contribution in [1.29, 1.82) is 0 Å². The van der Waals surface area contributed by atoms with Crippen molar-refractivity contribution in [2.45, 2.75) is 26.3 Å². The van der Waals surface area contributed by atoms with E-state index in [2.05, 4.69) is 0 Å². The molecule has 1 aromatic rings. The highest BCUT2D eigenvalue weighted by atomic mass is 16.3. The van der Waals surface area contributed by atoms with Gasteiger partial charge in [-0.15, -0.1) is 0 Å². The normalized spacial score (nSPS) is 11.4. The summed E-state index contributed by atoms with van der Waals surface area (Å²) in [6.07, 6.45) is 1.42. The van der Waals surface area contributed by atoms with Crippen LogP contribution in [0.15, 0.2) is 16.7 Å². The van der Waals surface area contributed by atoms with Gasteiger partial charge >= 0.3 is 0 Å². The number of furan rings is 1. The van der Waals surface area contributed by atoms with E-state index in [1.165, 1.54) is 6.26 Å². The van der Waals surface area contributed by atoms with Crippen LogP contribution in [0.4, 0.5) is 5.69 Å². The quantitative estimate of drug-likeness (QED) is 0.744. The zero-order chi connectivity index (χ0) is 10.9. The smallest absolute Gasteiger partial charge is 0.291 e. The average molecular weight is 196 g/mol. The van der Waals surface area contributed by atoms with E-state index in [9.17, 15) is 4.79 Å². The molecule has 4 heteroatoms. The monoisotopic (exact) mass is 196 g/mol. The SMILES string of the molecule is CN(C(=O)c1occc1N)C(C)(C)C. The molecule has 0 spiro atoms. The molecular formula is C10H16N2O2. The number of anilines is 1. The Morgan fingerprint density at radius 2 is 2.07 bits per heavy atom. The fraction of sp³-hybridized carbons (Fsp3) is 0.500. The van der Waals surface area contributed by atoms with Crippen molar-refractivity contribution in [1.82, 2.24) is 4.90 Å². The number of amides is 1. The lowest BCUT2D eigenvalue weighted by Crippen LogP contribution is -2.42. The molecule has 0 fully saturated rings. The summed E-state index contributed by atoms with van der Waals surface area (Å²) in [7, 11) is 1.73. The highest BCUT2D eigenvalue weighted by Crippen LogP contribution is 2.19. The molecule has 0 unspecified atom stereocenters. The van der Waals surface area contributed by atoms with Gasteiger partial charge in [0.15, 0.2) is 0 Å². The van der Waals surface area contributed by atoms with Gasteiger partial charge < -0.3 is 15.1 Å². The highest BCUT2D eigenvalue weighted by molar-refractivity contribution is 5.96. The number of nitrogen functional groups attached to an aromatic ring is 1. The van der Waals surface area contributed by atoms with Crippen molar-refractivity contribution in [3.05, 3.63) is 18.1 Å². The Morgan fingerprint density at radius 3 is 2.43 bits per heavy atom. The van der Waals surface area contributed by atoms with Crippen molar-refractivity contribution in [2.75, 3.05) is 12.8 Å². The van der Waals surface area contributed by atoms with Crippen LogP contribution in [0.25, 0.3) is 0 Å². The predicted octanol–water partition coefficient (Wildman–Crippen LogP) is 1.73. The maximum absolute atomic E-state index is 11.8. The van der Waals surface area contributed by atoms with Gasteiger partial charge in [-0.2, -0.15) is 0 Å². The van der Waals surface area contributed by atoms with E-state index in [0.29, 0.717) is 5.69 Å². The molecule has 0 radical (unpaired) electrons. The molecule has 0 aliphatic rings. The average Bonchev–Trinajstić information content (AvgIpc) is 2.47. The Hall–Kier alpha value is -1.45. The third-order valence-corrected chi connectivity index (χ3v) is 2.20. The van der Waals surface area contributed by atoms with Crippen molar-refractivity contribution in [2.24, 2.45) is 0 Å². The van der Waals surface area contributed by atoms with E-state index in [-0.39, 0.29) is 17.2 Å². The molecule has 1 rings (SSSR count).